The van der Waals surface area contributed by atoms with Gasteiger partial charge in [-0.25, -0.2) is 4.79 Å². The third-order valence-electron chi connectivity index (χ3n) is 3.56. The third-order valence-corrected chi connectivity index (χ3v) is 4.93. The summed E-state index contributed by atoms with van der Waals surface area (Å²) < 4.78 is 18.2. The number of carbonyl (C=O) groups is 1. The molecule has 7 nitrogen and oxygen atoms in total. The number of rotatable bonds is 5. The summed E-state index contributed by atoms with van der Waals surface area (Å²) in [5, 5.41) is 8.08. The van der Waals surface area contributed by atoms with Crippen molar-refractivity contribution >= 4 is 27.7 Å². The Balaban J connectivity index is 1.83. The molecule has 0 amide bonds. The highest BCUT2D eigenvalue weighted by atomic mass is 32.2. The van der Waals surface area contributed by atoms with E-state index < -0.39 is 22.3 Å². The van der Waals surface area contributed by atoms with E-state index in [1.807, 2.05) is 0 Å². The molecule has 0 spiro atoms. The first-order chi connectivity index (χ1) is 12.1. The highest BCUT2D eigenvalue weighted by Gasteiger charge is 2.16. The number of benzene rings is 2. The van der Waals surface area contributed by atoms with Gasteiger partial charge in [0, 0.05) is 5.75 Å². The van der Waals surface area contributed by atoms with Gasteiger partial charge in [0.25, 0.3) is 5.56 Å². The fourth-order valence-electron chi connectivity index (χ4n) is 2.29. The number of carbonyl (C=O) groups excluding carboxylic acids is 1. The lowest BCUT2D eigenvalue weighted by atomic mass is 10.2. The lowest BCUT2D eigenvalue weighted by Crippen LogP contribution is -2.26. The molecule has 3 aromatic rings. The fraction of sp³-hybridized carbons (Fsp3) is 0.176. The predicted octanol–water partition coefficient (Wildman–Crippen LogP) is 1.73. The molecule has 0 unspecified atom stereocenters. The predicted molar refractivity (Wildman–Crippen MR) is 92.6 cm³/mol. The Hall–Kier alpha value is -2.87. The van der Waals surface area contributed by atoms with Crippen LogP contribution in [0.2, 0.25) is 0 Å². The van der Waals surface area contributed by atoms with Gasteiger partial charge in [-0.3, -0.25) is 9.00 Å². The zero-order chi connectivity index (χ0) is 17.8. The maximum absolute atomic E-state index is 12.3. The van der Waals surface area contributed by atoms with E-state index in [9.17, 15) is 13.8 Å². The summed E-state index contributed by atoms with van der Waals surface area (Å²) in [5.41, 5.74) is 0.284. The van der Waals surface area contributed by atoms with Crippen LogP contribution in [0.4, 0.5) is 0 Å². The largest absolute Gasteiger partial charge is 0.439 e. The zero-order valence-electron chi connectivity index (χ0n) is 13.4. The van der Waals surface area contributed by atoms with Gasteiger partial charge in [-0.2, -0.15) is 4.68 Å². The van der Waals surface area contributed by atoms with Gasteiger partial charge in [0.05, 0.1) is 26.6 Å². The Morgan fingerprint density at radius 1 is 1.16 bits per heavy atom. The van der Waals surface area contributed by atoms with E-state index in [1.165, 1.54) is 0 Å². The Labute approximate surface area is 145 Å². The smallest absolute Gasteiger partial charge is 0.341 e. The van der Waals surface area contributed by atoms with Gasteiger partial charge in [0.2, 0.25) is 0 Å². The van der Waals surface area contributed by atoms with Crippen molar-refractivity contribution in [2.24, 2.45) is 0 Å². The van der Waals surface area contributed by atoms with Crippen molar-refractivity contribution in [1.82, 2.24) is 15.0 Å². The number of hydrogen-bond donors (Lipinski definition) is 0. The molecule has 128 valence electrons. The van der Waals surface area contributed by atoms with E-state index in [0.717, 1.165) is 4.68 Å². The van der Waals surface area contributed by atoms with Crippen LogP contribution in [0.15, 0.2) is 58.2 Å². The number of hydrogen-bond acceptors (Lipinski definition) is 6. The summed E-state index contributed by atoms with van der Waals surface area (Å²) in [6, 6.07) is 13.3. The summed E-state index contributed by atoms with van der Waals surface area (Å²) in [4.78, 5) is 25.0. The van der Waals surface area contributed by atoms with Crippen molar-refractivity contribution in [3.05, 3.63) is 64.4 Å². The van der Waals surface area contributed by atoms with E-state index >= 15 is 0 Å². The van der Waals surface area contributed by atoms with Crippen LogP contribution in [0.25, 0.3) is 10.9 Å². The molecule has 1 atom stereocenters. The Kier molecular flexibility index (Phi) is 4.99. The Bertz CT molecular complexity index is 1020. The van der Waals surface area contributed by atoms with E-state index in [4.69, 9.17) is 4.74 Å². The van der Waals surface area contributed by atoms with Gasteiger partial charge in [0.15, 0.2) is 6.73 Å². The molecule has 0 aliphatic rings. The first-order valence-electron chi connectivity index (χ1n) is 7.59. The summed E-state index contributed by atoms with van der Waals surface area (Å²) in [5.74, 6) is -0.279. The molecular formula is C17H15N3O4S. The van der Waals surface area contributed by atoms with Gasteiger partial charge in [-0.05, 0) is 24.3 Å². The van der Waals surface area contributed by atoms with Crippen molar-refractivity contribution < 1.29 is 13.7 Å². The van der Waals surface area contributed by atoms with Crippen LogP contribution in [0.3, 0.4) is 0 Å². The number of ether oxygens (including phenoxy) is 1. The molecule has 0 N–H and O–H groups in total. The molecule has 8 heteroatoms. The van der Waals surface area contributed by atoms with Gasteiger partial charge in [-0.15, -0.1) is 5.10 Å². The molecule has 3 rings (SSSR count). The minimum atomic E-state index is -1.29. The number of fused-ring (bicyclic) bond motifs is 1. The van der Waals surface area contributed by atoms with Crippen LogP contribution in [-0.4, -0.2) is 30.9 Å². The molecular weight excluding hydrogens is 342 g/mol. The number of aromatic nitrogens is 3. The highest BCUT2D eigenvalue weighted by Crippen LogP contribution is 2.15. The summed E-state index contributed by atoms with van der Waals surface area (Å²) in [6.45, 7) is 1.39. The molecule has 0 radical (unpaired) electrons. The van der Waals surface area contributed by atoms with Gasteiger partial charge >= 0.3 is 5.97 Å². The minimum Gasteiger partial charge on any atom is -0.439 e. The van der Waals surface area contributed by atoms with Crippen LogP contribution < -0.4 is 5.56 Å². The second-order valence-electron chi connectivity index (χ2n) is 5.10. The van der Waals surface area contributed by atoms with Crippen molar-refractivity contribution in [3.63, 3.8) is 0 Å². The first-order valence-corrected chi connectivity index (χ1v) is 8.90. The third kappa shape index (κ3) is 3.48. The van der Waals surface area contributed by atoms with Crippen molar-refractivity contribution in [3.8, 4) is 0 Å². The fourth-order valence-corrected chi connectivity index (χ4v) is 3.23. The standard InChI is InChI=1S/C17H15N3O4S/c1-2-25(23)15-10-6-4-8-13(15)17(22)24-11-20-16(21)12-7-3-5-9-14(12)18-19-20/h3-10H,2,11H2,1H3/t25-/m0/s1. The molecule has 0 saturated carbocycles. The lowest BCUT2D eigenvalue weighted by Gasteiger charge is -2.09. The molecule has 0 aliphatic carbocycles. The van der Waals surface area contributed by atoms with Crippen LogP contribution >= 0.6 is 0 Å². The zero-order valence-corrected chi connectivity index (χ0v) is 14.2. The van der Waals surface area contributed by atoms with E-state index in [2.05, 4.69) is 10.3 Å². The second-order valence-corrected chi connectivity index (χ2v) is 6.81. The second kappa shape index (κ2) is 7.35. The first kappa shape index (κ1) is 17.0. The Morgan fingerprint density at radius 3 is 2.68 bits per heavy atom. The monoisotopic (exact) mass is 357 g/mol. The maximum atomic E-state index is 12.3. The topological polar surface area (TPSA) is 91.2 Å². The average Bonchev–Trinajstić information content (AvgIpc) is 2.67. The molecule has 25 heavy (non-hydrogen) atoms. The molecule has 0 bridgehead atoms. The van der Waals surface area contributed by atoms with Gasteiger partial charge < -0.3 is 4.74 Å². The molecule has 2 aromatic carbocycles. The maximum Gasteiger partial charge on any atom is 0.341 e. The van der Waals surface area contributed by atoms with Crippen molar-refractivity contribution in [2.75, 3.05) is 5.75 Å². The molecule has 0 aliphatic heterocycles. The van der Waals surface area contributed by atoms with E-state index in [-0.39, 0.29) is 12.3 Å². The molecule has 0 saturated heterocycles. The summed E-state index contributed by atoms with van der Waals surface area (Å²) in [7, 11) is -1.29. The van der Waals surface area contributed by atoms with Gasteiger partial charge in [0.1, 0.15) is 5.52 Å². The van der Waals surface area contributed by atoms with Crippen LogP contribution in [0.1, 0.15) is 17.3 Å². The average molecular weight is 357 g/mol. The SMILES string of the molecule is CC[S@](=O)c1ccccc1C(=O)OCn1nnc2ccccc2c1=O. The normalized spacial score (nSPS) is 12.0. The van der Waals surface area contributed by atoms with E-state index in [1.54, 1.807) is 55.5 Å². The summed E-state index contributed by atoms with van der Waals surface area (Å²) >= 11 is 0. The number of esters is 1. The van der Waals surface area contributed by atoms with Crippen molar-refractivity contribution in [2.45, 2.75) is 18.6 Å². The van der Waals surface area contributed by atoms with Crippen LogP contribution in [0, 0.1) is 0 Å². The quantitative estimate of drug-likeness (QED) is 0.646. The van der Waals surface area contributed by atoms with Crippen LogP contribution in [0.5, 0.6) is 0 Å². The lowest BCUT2D eigenvalue weighted by molar-refractivity contribution is 0.0332. The summed E-state index contributed by atoms with van der Waals surface area (Å²) in [6.07, 6.45) is 0. The van der Waals surface area contributed by atoms with Crippen molar-refractivity contribution in [1.29, 1.82) is 0 Å². The van der Waals surface area contributed by atoms with Gasteiger partial charge in [-0.1, -0.05) is 36.4 Å². The van der Waals surface area contributed by atoms with Crippen LogP contribution in [-0.2, 0) is 22.3 Å². The van der Waals surface area contributed by atoms with E-state index in [0.29, 0.717) is 21.6 Å². The highest BCUT2D eigenvalue weighted by molar-refractivity contribution is 7.85. The molecule has 1 aromatic heterocycles. The molecule has 1 heterocycles. The Morgan fingerprint density at radius 2 is 1.88 bits per heavy atom. The molecule has 0 fully saturated rings. The number of nitrogens with zero attached hydrogens (tertiary/aromatic N) is 3. The minimum absolute atomic E-state index is 0.212.